The minimum absolute atomic E-state index is 0.530. The van der Waals surface area contributed by atoms with E-state index in [1.807, 2.05) is 22.6 Å². The fourth-order valence-corrected chi connectivity index (χ4v) is 5.61. The third-order valence-corrected chi connectivity index (χ3v) is 6.97. The zero-order valence-electron chi connectivity index (χ0n) is 17.7. The summed E-state index contributed by atoms with van der Waals surface area (Å²) < 4.78 is 2.05. The number of hydrogen-bond acceptors (Lipinski definition) is 4. The van der Waals surface area contributed by atoms with Gasteiger partial charge < -0.3 is 10.2 Å². The summed E-state index contributed by atoms with van der Waals surface area (Å²) in [6.07, 6.45) is 2.53. The number of aryl methyl sites for hydroxylation is 1. The summed E-state index contributed by atoms with van der Waals surface area (Å²) >= 11 is 0. The van der Waals surface area contributed by atoms with E-state index < -0.39 is 0 Å². The van der Waals surface area contributed by atoms with Gasteiger partial charge in [-0.2, -0.15) is 5.26 Å². The number of imidazole rings is 1. The molecule has 0 bridgehead atoms. The molecule has 0 amide bonds. The molecule has 31 heavy (non-hydrogen) atoms. The van der Waals surface area contributed by atoms with Crippen molar-refractivity contribution in [2.45, 2.75) is 25.8 Å². The number of anilines is 1. The zero-order valence-corrected chi connectivity index (χ0v) is 17.7. The molecule has 2 aromatic heterocycles. The van der Waals surface area contributed by atoms with Crippen LogP contribution in [-0.2, 0) is 0 Å². The van der Waals surface area contributed by atoms with Gasteiger partial charge >= 0.3 is 0 Å². The molecule has 2 fully saturated rings. The number of piperidine rings is 1. The number of hydrogen-bond donors (Lipinski definition) is 1. The van der Waals surface area contributed by atoms with Crippen molar-refractivity contribution in [2.75, 3.05) is 24.5 Å². The second kappa shape index (κ2) is 7.11. The Morgan fingerprint density at radius 1 is 1.10 bits per heavy atom. The minimum atomic E-state index is 0.530. The summed E-state index contributed by atoms with van der Waals surface area (Å²) in [5.74, 6) is 0.669. The van der Waals surface area contributed by atoms with Crippen LogP contribution in [0.4, 0.5) is 5.69 Å². The van der Waals surface area contributed by atoms with Crippen molar-refractivity contribution in [3.8, 4) is 17.2 Å². The molecule has 154 valence electrons. The molecule has 2 unspecified atom stereocenters. The van der Waals surface area contributed by atoms with Gasteiger partial charge in [0.15, 0.2) is 0 Å². The maximum Gasteiger partial charge on any atom is 0.139 e. The molecule has 4 aromatic rings. The molecule has 1 N–H and O–H groups in total. The van der Waals surface area contributed by atoms with Crippen LogP contribution in [0.15, 0.2) is 54.6 Å². The van der Waals surface area contributed by atoms with Crippen LogP contribution in [-0.4, -0.2) is 35.1 Å². The topological polar surface area (TPSA) is 56.4 Å². The van der Waals surface area contributed by atoms with Crippen molar-refractivity contribution in [1.29, 1.82) is 5.26 Å². The van der Waals surface area contributed by atoms with E-state index in [-0.39, 0.29) is 0 Å². The van der Waals surface area contributed by atoms with E-state index in [2.05, 4.69) is 59.6 Å². The molecule has 5 heteroatoms. The first-order valence-electron chi connectivity index (χ1n) is 11.1. The lowest BCUT2D eigenvalue weighted by molar-refractivity contribution is 0.340. The van der Waals surface area contributed by atoms with Crippen molar-refractivity contribution in [1.82, 2.24) is 14.7 Å². The van der Waals surface area contributed by atoms with E-state index in [0.29, 0.717) is 17.7 Å². The van der Waals surface area contributed by atoms with Gasteiger partial charge in [0.25, 0.3) is 0 Å². The SMILES string of the molecule is Cc1cc2nc3cccc(C#N)n3c2c(N2CC3CCCNC3C2)c1-c1ccccc1. The Kier molecular flexibility index (Phi) is 4.22. The first-order chi connectivity index (χ1) is 15.2. The lowest BCUT2D eigenvalue weighted by Gasteiger charge is -2.25. The first kappa shape index (κ1) is 18.4. The smallest absolute Gasteiger partial charge is 0.139 e. The molecule has 2 saturated heterocycles. The van der Waals surface area contributed by atoms with Gasteiger partial charge in [-0.1, -0.05) is 36.4 Å². The average Bonchev–Trinajstić information content (AvgIpc) is 3.39. The monoisotopic (exact) mass is 407 g/mol. The number of aromatic nitrogens is 2. The van der Waals surface area contributed by atoms with Crippen molar-refractivity contribution in [3.05, 3.63) is 65.9 Å². The van der Waals surface area contributed by atoms with Crippen LogP contribution in [0.1, 0.15) is 24.1 Å². The molecule has 0 saturated carbocycles. The standard InChI is InChI=1S/C26H25N5/c1-17-13-21-25(31-20(14-27)10-5-11-23(31)29-21)26(24(17)18-7-3-2-4-8-18)30-15-19-9-6-12-28-22(19)16-30/h2-5,7-8,10-11,13,19,22,28H,6,9,12,15-16H2,1H3. The number of benzene rings is 2. The highest BCUT2D eigenvalue weighted by Gasteiger charge is 2.36. The summed E-state index contributed by atoms with van der Waals surface area (Å²) in [6.45, 7) is 5.32. The number of nitrogens with zero attached hydrogens (tertiary/aromatic N) is 4. The van der Waals surface area contributed by atoms with E-state index in [4.69, 9.17) is 4.98 Å². The summed E-state index contributed by atoms with van der Waals surface area (Å²) in [5.41, 5.74) is 8.36. The van der Waals surface area contributed by atoms with Crippen molar-refractivity contribution in [2.24, 2.45) is 5.92 Å². The van der Waals surface area contributed by atoms with Crippen molar-refractivity contribution < 1.29 is 0 Å². The Morgan fingerprint density at radius 2 is 1.97 bits per heavy atom. The Morgan fingerprint density at radius 3 is 2.77 bits per heavy atom. The van der Waals surface area contributed by atoms with Crippen LogP contribution in [0.3, 0.4) is 0 Å². The molecule has 4 heterocycles. The number of rotatable bonds is 2. The molecule has 5 nitrogen and oxygen atoms in total. The zero-order chi connectivity index (χ0) is 20.9. The third kappa shape index (κ3) is 2.83. The van der Waals surface area contributed by atoms with Gasteiger partial charge in [-0.15, -0.1) is 0 Å². The molecule has 2 aliphatic heterocycles. The summed E-state index contributed by atoms with van der Waals surface area (Å²) in [5, 5.41) is 13.6. The maximum atomic E-state index is 9.86. The lowest BCUT2D eigenvalue weighted by Crippen LogP contribution is -2.40. The van der Waals surface area contributed by atoms with Gasteiger partial charge in [-0.05, 0) is 61.6 Å². The Labute approximate surface area is 181 Å². The van der Waals surface area contributed by atoms with Crippen molar-refractivity contribution in [3.63, 3.8) is 0 Å². The van der Waals surface area contributed by atoms with Gasteiger partial charge in [0.1, 0.15) is 17.4 Å². The largest absolute Gasteiger partial charge is 0.367 e. The van der Waals surface area contributed by atoms with Gasteiger partial charge in [0, 0.05) is 24.7 Å². The summed E-state index contributed by atoms with van der Waals surface area (Å²) in [7, 11) is 0. The fraction of sp³-hybridized carbons (Fsp3) is 0.308. The molecular weight excluding hydrogens is 382 g/mol. The molecule has 0 radical (unpaired) electrons. The Bertz CT molecular complexity index is 1320. The van der Waals surface area contributed by atoms with Gasteiger partial charge in [0.05, 0.1) is 16.7 Å². The molecule has 6 rings (SSSR count). The van der Waals surface area contributed by atoms with E-state index in [1.165, 1.54) is 35.2 Å². The Hall–Kier alpha value is -3.36. The first-order valence-corrected chi connectivity index (χ1v) is 11.1. The minimum Gasteiger partial charge on any atom is -0.367 e. The molecule has 0 aliphatic carbocycles. The fourth-order valence-electron chi connectivity index (χ4n) is 5.61. The molecule has 2 atom stereocenters. The number of nitriles is 1. The van der Waals surface area contributed by atoms with Crippen molar-refractivity contribution >= 4 is 22.4 Å². The predicted octanol–water partition coefficient (Wildman–Crippen LogP) is 4.52. The van der Waals surface area contributed by atoms with Gasteiger partial charge in [-0.3, -0.25) is 4.40 Å². The third-order valence-electron chi connectivity index (χ3n) is 6.97. The molecule has 2 aliphatic rings. The normalized spacial score (nSPS) is 20.8. The second-order valence-electron chi connectivity index (χ2n) is 8.85. The van der Waals surface area contributed by atoms with Crippen LogP contribution in [0.5, 0.6) is 0 Å². The highest BCUT2D eigenvalue weighted by Crippen LogP contribution is 2.43. The highest BCUT2D eigenvalue weighted by molar-refractivity contribution is 6.02. The second-order valence-corrected chi connectivity index (χ2v) is 8.85. The lowest BCUT2D eigenvalue weighted by atomic mass is 9.94. The summed E-state index contributed by atoms with van der Waals surface area (Å²) in [6, 6.07) is 21.5. The molecule has 0 spiro atoms. The van der Waals surface area contributed by atoms with Crippen LogP contribution >= 0.6 is 0 Å². The predicted molar refractivity (Wildman–Crippen MR) is 124 cm³/mol. The van der Waals surface area contributed by atoms with Gasteiger partial charge in [-0.25, -0.2) is 4.98 Å². The van der Waals surface area contributed by atoms with Crippen LogP contribution in [0.2, 0.25) is 0 Å². The van der Waals surface area contributed by atoms with Gasteiger partial charge in [0.2, 0.25) is 0 Å². The van der Waals surface area contributed by atoms with E-state index in [1.54, 1.807) is 0 Å². The van der Waals surface area contributed by atoms with E-state index in [9.17, 15) is 5.26 Å². The van der Waals surface area contributed by atoms with E-state index in [0.717, 1.165) is 36.3 Å². The quantitative estimate of drug-likeness (QED) is 0.531. The van der Waals surface area contributed by atoms with Crippen LogP contribution in [0.25, 0.3) is 27.8 Å². The number of pyridine rings is 1. The number of nitrogens with one attached hydrogen (secondary N) is 1. The molecular formula is C26H25N5. The van der Waals surface area contributed by atoms with Crippen LogP contribution in [0, 0.1) is 24.2 Å². The Balaban J connectivity index is 1.69. The average molecular weight is 408 g/mol. The summed E-state index contributed by atoms with van der Waals surface area (Å²) in [4.78, 5) is 7.46. The number of fused-ring (bicyclic) bond motifs is 4. The van der Waals surface area contributed by atoms with E-state index >= 15 is 0 Å². The highest BCUT2D eigenvalue weighted by atomic mass is 15.2. The molecule has 2 aromatic carbocycles. The maximum absolute atomic E-state index is 9.86. The van der Waals surface area contributed by atoms with Crippen LogP contribution < -0.4 is 10.2 Å².